The first kappa shape index (κ1) is 25.5. The number of ether oxygens (including phenoxy) is 2. The number of nitrogens with one attached hydrogen (secondary N) is 2. The predicted molar refractivity (Wildman–Crippen MR) is 133 cm³/mol. The van der Waals surface area contributed by atoms with Crippen LogP contribution in [0.2, 0.25) is 0 Å². The number of amides is 2. The molecule has 2 amide bonds. The van der Waals surface area contributed by atoms with Gasteiger partial charge in [0.1, 0.15) is 24.4 Å². The van der Waals surface area contributed by atoms with E-state index >= 15 is 0 Å². The van der Waals surface area contributed by atoms with Gasteiger partial charge in [0.05, 0.1) is 7.11 Å². The fourth-order valence-corrected chi connectivity index (χ4v) is 3.65. The van der Waals surface area contributed by atoms with Crippen LogP contribution in [0.5, 0.6) is 5.75 Å². The first-order chi connectivity index (χ1) is 16.9. The summed E-state index contributed by atoms with van der Waals surface area (Å²) in [5.41, 5.74) is 2.73. The highest BCUT2D eigenvalue weighted by molar-refractivity contribution is 5.90. The SMILES string of the molecule is COC(=O)[C@@H](Cc1cccc(OCc2ccccc2)c1)NC(=O)[C@H](Cc1ccccc1)NC(C)=O. The van der Waals surface area contributed by atoms with Crippen molar-refractivity contribution in [2.45, 2.75) is 38.5 Å². The number of carbonyl (C=O) groups is 3. The molecule has 0 aliphatic carbocycles. The maximum Gasteiger partial charge on any atom is 0.328 e. The third-order valence-electron chi connectivity index (χ3n) is 5.37. The molecule has 0 spiro atoms. The molecular formula is C28H30N2O5. The standard InChI is InChI=1S/C28H30N2O5/c1-20(31)29-25(17-21-10-5-3-6-11-21)27(32)30-26(28(33)34-2)18-23-14-9-15-24(16-23)35-19-22-12-7-4-8-13-22/h3-16,25-26H,17-19H2,1-2H3,(H,29,31)(H,30,32)/t25-,26+/m0/s1. The minimum absolute atomic E-state index is 0.207. The van der Waals surface area contributed by atoms with E-state index in [1.54, 1.807) is 0 Å². The van der Waals surface area contributed by atoms with E-state index in [2.05, 4.69) is 10.6 Å². The normalized spacial score (nSPS) is 12.2. The van der Waals surface area contributed by atoms with Gasteiger partial charge in [-0.05, 0) is 28.8 Å². The molecule has 3 aromatic carbocycles. The van der Waals surface area contributed by atoms with E-state index in [4.69, 9.17) is 9.47 Å². The number of hydrogen-bond acceptors (Lipinski definition) is 5. The van der Waals surface area contributed by atoms with Gasteiger partial charge in [-0.15, -0.1) is 0 Å². The van der Waals surface area contributed by atoms with E-state index in [1.165, 1.54) is 14.0 Å². The Balaban J connectivity index is 1.69. The van der Waals surface area contributed by atoms with Crippen LogP contribution < -0.4 is 15.4 Å². The summed E-state index contributed by atoms with van der Waals surface area (Å²) in [6.07, 6.45) is 0.502. The van der Waals surface area contributed by atoms with Crippen molar-refractivity contribution in [1.82, 2.24) is 10.6 Å². The monoisotopic (exact) mass is 474 g/mol. The number of methoxy groups -OCH3 is 1. The Bertz CT molecular complexity index is 1120. The Morgan fingerprint density at radius 1 is 0.743 bits per heavy atom. The van der Waals surface area contributed by atoms with Gasteiger partial charge in [-0.1, -0.05) is 72.8 Å². The molecule has 3 aromatic rings. The van der Waals surface area contributed by atoms with Crippen LogP contribution in [0.4, 0.5) is 0 Å². The molecule has 0 aromatic heterocycles. The maximum atomic E-state index is 13.1. The number of carbonyl (C=O) groups excluding carboxylic acids is 3. The van der Waals surface area contributed by atoms with Crippen LogP contribution in [0, 0.1) is 0 Å². The lowest BCUT2D eigenvalue weighted by molar-refractivity contribution is -0.145. The Labute approximate surface area is 205 Å². The molecule has 0 saturated carbocycles. The van der Waals surface area contributed by atoms with Crippen LogP contribution in [0.1, 0.15) is 23.6 Å². The van der Waals surface area contributed by atoms with E-state index in [-0.39, 0.29) is 12.3 Å². The Hall–Kier alpha value is -4.13. The largest absolute Gasteiger partial charge is 0.489 e. The second-order valence-corrected chi connectivity index (χ2v) is 8.15. The molecular weight excluding hydrogens is 444 g/mol. The zero-order chi connectivity index (χ0) is 25.0. The predicted octanol–water partition coefficient (Wildman–Crippen LogP) is 3.21. The maximum absolute atomic E-state index is 13.1. The van der Waals surface area contributed by atoms with Crippen molar-refractivity contribution in [3.63, 3.8) is 0 Å². The second kappa shape index (κ2) is 12.9. The third kappa shape index (κ3) is 8.30. The fraction of sp³-hybridized carbons (Fsp3) is 0.250. The highest BCUT2D eigenvalue weighted by Gasteiger charge is 2.27. The van der Waals surface area contributed by atoms with Crippen molar-refractivity contribution in [3.05, 3.63) is 102 Å². The summed E-state index contributed by atoms with van der Waals surface area (Å²) < 4.78 is 10.8. The fourth-order valence-electron chi connectivity index (χ4n) is 3.65. The van der Waals surface area contributed by atoms with Crippen LogP contribution in [0.25, 0.3) is 0 Å². The van der Waals surface area contributed by atoms with Crippen LogP contribution in [-0.4, -0.2) is 37.0 Å². The summed E-state index contributed by atoms with van der Waals surface area (Å²) in [4.78, 5) is 37.3. The van der Waals surface area contributed by atoms with Crippen molar-refractivity contribution < 1.29 is 23.9 Å². The van der Waals surface area contributed by atoms with Gasteiger partial charge in [-0.3, -0.25) is 9.59 Å². The molecule has 0 bridgehead atoms. The van der Waals surface area contributed by atoms with Crippen molar-refractivity contribution in [1.29, 1.82) is 0 Å². The van der Waals surface area contributed by atoms with E-state index in [0.29, 0.717) is 18.8 Å². The van der Waals surface area contributed by atoms with Gasteiger partial charge < -0.3 is 20.1 Å². The number of rotatable bonds is 11. The highest BCUT2D eigenvalue weighted by atomic mass is 16.5. The summed E-state index contributed by atoms with van der Waals surface area (Å²) in [5, 5.41) is 5.42. The molecule has 7 heteroatoms. The van der Waals surface area contributed by atoms with Gasteiger partial charge in [0.2, 0.25) is 11.8 Å². The van der Waals surface area contributed by atoms with E-state index in [0.717, 1.165) is 16.7 Å². The van der Waals surface area contributed by atoms with Gasteiger partial charge in [-0.2, -0.15) is 0 Å². The highest BCUT2D eigenvalue weighted by Crippen LogP contribution is 2.17. The smallest absolute Gasteiger partial charge is 0.328 e. The van der Waals surface area contributed by atoms with E-state index in [9.17, 15) is 14.4 Å². The Morgan fingerprint density at radius 2 is 1.34 bits per heavy atom. The molecule has 2 atom stereocenters. The van der Waals surface area contributed by atoms with Gasteiger partial charge >= 0.3 is 5.97 Å². The molecule has 0 heterocycles. The topological polar surface area (TPSA) is 93.7 Å². The molecule has 0 radical (unpaired) electrons. The number of hydrogen-bond donors (Lipinski definition) is 2. The third-order valence-corrected chi connectivity index (χ3v) is 5.37. The van der Waals surface area contributed by atoms with Crippen LogP contribution in [-0.2, 0) is 38.6 Å². The molecule has 0 aliphatic heterocycles. The lowest BCUT2D eigenvalue weighted by Gasteiger charge is -2.22. The summed E-state index contributed by atoms with van der Waals surface area (Å²) in [6.45, 7) is 1.77. The average Bonchev–Trinajstić information content (AvgIpc) is 2.87. The molecule has 0 saturated heterocycles. The van der Waals surface area contributed by atoms with E-state index in [1.807, 2.05) is 84.9 Å². The molecule has 0 unspecified atom stereocenters. The quantitative estimate of drug-likeness (QED) is 0.416. The molecule has 35 heavy (non-hydrogen) atoms. The minimum Gasteiger partial charge on any atom is -0.489 e. The summed E-state index contributed by atoms with van der Waals surface area (Å²) in [6, 6.07) is 24.8. The summed E-state index contributed by atoms with van der Waals surface area (Å²) in [7, 11) is 1.27. The second-order valence-electron chi connectivity index (χ2n) is 8.15. The van der Waals surface area contributed by atoms with Crippen molar-refractivity contribution in [3.8, 4) is 5.75 Å². The lowest BCUT2D eigenvalue weighted by Crippen LogP contribution is -2.53. The van der Waals surface area contributed by atoms with Gasteiger partial charge in [0.25, 0.3) is 0 Å². The number of esters is 1. The van der Waals surface area contributed by atoms with Crippen molar-refractivity contribution in [2.24, 2.45) is 0 Å². The number of benzene rings is 3. The molecule has 0 fully saturated rings. The summed E-state index contributed by atoms with van der Waals surface area (Å²) in [5.74, 6) is -0.716. The summed E-state index contributed by atoms with van der Waals surface area (Å²) >= 11 is 0. The molecule has 2 N–H and O–H groups in total. The molecule has 182 valence electrons. The minimum atomic E-state index is -0.927. The van der Waals surface area contributed by atoms with Gasteiger partial charge in [0, 0.05) is 19.8 Å². The molecule has 0 aliphatic rings. The first-order valence-electron chi connectivity index (χ1n) is 11.4. The zero-order valence-corrected chi connectivity index (χ0v) is 19.9. The van der Waals surface area contributed by atoms with Crippen molar-refractivity contribution in [2.75, 3.05) is 7.11 Å². The van der Waals surface area contributed by atoms with Crippen LogP contribution in [0.15, 0.2) is 84.9 Å². The Kier molecular flexibility index (Phi) is 9.42. The zero-order valence-electron chi connectivity index (χ0n) is 19.9. The Morgan fingerprint density at radius 3 is 1.97 bits per heavy atom. The van der Waals surface area contributed by atoms with Crippen molar-refractivity contribution >= 4 is 17.8 Å². The molecule has 7 nitrogen and oxygen atoms in total. The van der Waals surface area contributed by atoms with Crippen LogP contribution in [0.3, 0.4) is 0 Å². The van der Waals surface area contributed by atoms with Gasteiger partial charge in [-0.25, -0.2) is 4.79 Å². The van der Waals surface area contributed by atoms with E-state index < -0.39 is 24.0 Å². The lowest BCUT2D eigenvalue weighted by atomic mass is 10.0. The van der Waals surface area contributed by atoms with Crippen LogP contribution >= 0.6 is 0 Å². The average molecular weight is 475 g/mol. The molecule has 3 rings (SSSR count). The first-order valence-corrected chi connectivity index (χ1v) is 11.4. The van der Waals surface area contributed by atoms with Gasteiger partial charge in [0.15, 0.2) is 0 Å².